The van der Waals surface area contributed by atoms with Crippen molar-refractivity contribution in [2.75, 3.05) is 6.61 Å². The predicted octanol–water partition coefficient (Wildman–Crippen LogP) is 2.64. The second kappa shape index (κ2) is 4.55. The van der Waals surface area contributed by atoms with E-state index < -0.39 is 0 Å². The lowest BCUT2D eigenvalue weighted by molar-refractivity contribution is 0.0518. The first-order valence-electron chi connectivity index (χ1n) is 4.37. The van der Waals surface area contributed by atoms with Crippen molar-refractivity contribution >= 4 is 21.9 Å². The molecule has 0 unspecified atom stereocenters. The van der Waals surface area contributed by atoms with Gasteiger partial charge in [-0.05, 0) is 32.4 Å². The number of aryl methyl sites for hydroxylation is 1. The van der Waals surface area contributed by atoms with Crippen molar-refractivity contribution in [2.45, 2.75) is 20.8 Å². The summed E-state index contributed by atoms with van der Waals surface area (Å²) in [5, 5.41) is 0. The smallest absolute Gasteiger partial charge is 0.357 e. The van der Waals surface area contributed by atoms with Crippen molar-refractivity contribution in [3.05, 3.63) is 27.5 Å². The van der Waals surface area contributed by atoms with Crippen LogP contribution in [0.2, 0.25) is 0 Å². The quantitative estimate of drug-likeness (QED) is 0.765. The Labute approximate surface area is 91.6 Å². The fraction of sp³-hybridized carbons (Fsp3) is 0.400. The number of esters is 1. The summed E-state index contributed by atoms with van der Waals surface area (Å²) in [6.45, 7) is 5.82. The molecular weight excluding hydrogens is 246 g/mol. The molecule has 0 aliphatic carbocycles. The SMILES string of the molecule is CCOC(=O)c1nc(C)cc(Br)c1C. The Balaban J connectivity index is 3.13. The van der Waals surface area contributed by atoms with Crippen molar-refractivity contribution in [3.8, 4) is 0 Å². The van der Waals surface area contributed by atoms with Gasteiger partial charge in [0.15, 0.2) is 5.69 Å². The summed E-state index contributed by atoms with van der Waals surface area (Å²) in [6.07, 6.45) is 0. The van der Waals surface area contributed by atoms with Crippen molar-refractivity contribution in [1.29, 1.82) is 0 Å². The fourth-order valence-electron chi connectivity index (χ4n) is 1.10. The van der Waals surface area contributed by atoms with Gasteiger partial charge in [-0.1, -0.05) is 15.9 Å². The van der Waals surface area contributed by atoms with E-state index in [4.69, 9.17) is 4.74 Å². The zero-order chi connectivity index (χ0) is 10.7. The first-order chi connectivity index (χ1) is 6.56. The highest BCUT2D eigenvalue weighted by Crippen LogP contribution is 2.19. The Morgan fingerprint density at radius 3 is 2.79 bits per heavy atom. The molecule has 0 spiro atoms. The Morgan fingerprint density at radius 1 is 1.57 bits per heavy atom. The van der Waals surface area contributed by atoms with Gasteiger partial charge < -0.3 is 4.74 Å². The predicted molar refractivity (Wildman–Crippen MR) is 57.4 cm³/mol. The molecule has 14 heavy (non-hydrogen) atoms. The molecule has 0 radical (unpaired) electrons. The highest BCUT2D eigenvalue weighted by atomic mass is 79.9. The van der Waals surface area contributed by atoms with Gasteiger partial charge in [0.05, 0.1) is 6.61 Å². The largest absolute Gasteiger partial charge is 0.461 e. The van der Waals surface area contributed by atoms with Gasteiger partial charge in [-0.15, -0.1) is 0 Å². The van der Waals surface area contributed by atoms with Gasteiger partial charge >= 0.3 is 5.97 Å². The second-order valence-corrected chi connectivity index (χ2v) is 3.79. The monoisotopic (exact) mass is 257 g/mol. The maximum Gasteiger partial charge on any atom is 0.357 e. The minimum atomic E-state index is -0.366. The third kappa shape index (κ3) is 2.32. The maximum atomic E-state index is 11.5. The molecule has 0 atom stereocenters. The number of rotatable bonds is 2. The molecule has 1 heterocycles. The van der Waals surface area contributed by atoms with Gasteiger partial charge in [0.1, 0.15) is 0 Å². The van der Waals surface area contributed by atoms with Crippen molar-refractivity contribution in [2.24, 2.45) is 0 Å². The van der Waals surface area contributed by atoms with E-state index in [1.807, 2.05) is 19.9 Å². The number of aromatic nitrogens is 1. The Bertz CT molecular complexity index is 363. The number of halogens is 1. The maximum absolute atomic E-state index is 11.5. The Kier molecular flexibility index (Phi) is 3.63. The lowest BCUT2D eigenvalue weighted by Crippen LogP contribution is -2.10. The third-order valence-electron chi connectivity index (χ3n) is 1.81. The van der Waals surface area contributed by atoms with Crippen LogP contribution in [0.1, 0.15) is 28.7 Å². The normalized spacial score (nSPS) is 10.0. The van der Waals surface area contributed by atoms with Gasteiger partial charge in [-0.3, -0.25) is 0 Å². The highest BCUT2D eigenvalue weighted by molar-refractivity contribution is 9.10. The molecule has 3 nitrogen and oxygen atoms in total. The van der Waals surface area contributed by atoms with Crippen LogP contribution in [0, 0.1) is 13.8 Å². The van der Waals surface area contributed by atoms with E-state index in [2.05, 4.69) is 20.9 Å². The molecule has 0 saturated carbocycles. The molecule has 0 saturated heterocycles. The number of carbonyl (C=O) groups is 1. The van der Waals surface area contributed by atoms with Crippen LogP contribution in [0.15, 0.2) is 10.5 Å². The molecule has 0 amide bonds. The average molecular weight is 258 g/mol. The van der Waals surface area contributed by atoms with E-state index in [1.165, 1.54) is 0 Å². The van der Waals surface area contributed by atoms with E-state index in [0.717, 1.165) is 15.7 Å². The fourth-order valence-corrected chi connectivity index (χ4v) is 1.61. The summed E-state index contributed by atoms with van der Waals surface area (Å²) in [7, 11) is 0. The second-order valence-electron chi connectivity index (χ2n) is 2.94. The first-order valence-corrected chi connectivity index (χ1v) is 5.16. The van der Waals surface area contributed by atoms with Crippen LogP contribution >= 0.6 is 15.9 Å². The van der Waals surface area contributed by atoms with Gasteiger partial charge in [0.2, 0.25) is 0 Å². The number of ether oxygens (including phenoxy) is 1. The first kappa shape index (κ1) is 11.2. The number of hydrogen-bond donors (Lipinski definition) is 0. The average Bonchev–Trinajstić information content (AvgIpc) is 2.11. The van der Waals surface area contributed by atoms with Crippen LogP contribution in [-0.4, -0.2) is 17.6 Å². The Hall–Kier alpha value is -0.900. The van der Waals surface area contributed by atoms with Crippen LogP contribution in [0.5, 0.6) is 0 Å². The summed E-state index contributed by atoms with van der Waals surface area (Å²) in [6, 6.07) is 1.87. The van der Waals surface area contributed by atoms with Crippen LogP contribution in [0.3, 0.4) is 0 Å². The van der Waals surface area contributed by atoms with Gasteiger partial charge in [-0.2, -0.15) is 0 Å². The van der Waals surface area contributed by atoms with E-state index in [9.17, 15) is 4.79 Å². The highest BCUT2D eigenvalue weighted by Gasteiger charge is 2.14. The van der Waals surface area contributed by atoms with Gasteiger partial charge in [0, 0.05) is 10.2 Å². The van der Waals surface area contributed by atoms with Crippen molar-refractivity contribution in [1.82, 2.24) is 4.98 Å². The number of nitrogens with zero attached hydrogens (tertiary/aromatic N) is 1. The zero-order valence-corrected chi connectivity index (χ0v) is 10.0. The zero-order valence-electron chi connectivity index (χ0n) is 8.43. The molecule has 0 aliphatic heterocycles. The van der Waals surface area contributed by atoms with Gasteiger partial charge in [0.25, 0.3) is 0 Å². The van der Waals surface area contributed by atoms with Crippen LogP contribution in [-0.2, 0) is 4.74 Å². The molecule has 76 valence electrons. The van der Waals surface area contributed by atoms with Crippen LogP contribution in [0.25, 0.3) is 0 Å². The van der Waals surface area contributed by atoms with Crippen LogP contribution in [0.4, 0.5) is 0 Å². The standard InChI is InChI=1S/C10H12BrNO2/c1-4-14-10(13)9-7(3)8(11)5-6(2)12-9/h5H,4H2,1-3H3. The summed E-state index contributed by atoms with van der Waals surface area (Å²) >= 11 is 3.37. The molecule has 1 aromatic rings. The lowest BCUT2D eigenvalue weighted by Gasteiger charge is -2.07. The molecule has 0 aliphatic rings. The summed E-state index contributed by atoms with van der Waals surface area (Å²) in [5.74, 6) is -0.366. The minimum Gasteiger partial charge on any atom is -0.461 e. The molecule has 0 fully saturated rings. The van der Waals surface area contributed by atoms with E-state index in [1.54, 1.807) is 6.92 Å². The van der Waals surface area contributed by atoms with Crippen molar-refractivity contribution < 1.29 is 9.53 Å². The molecule has 1 aromatic heterocycles. The lowest BCUT2D eigenvalue weighted by atomic mass is 10.2. The third-order valence-corrected chi connectivity index (χ3v) is 2.63. The van der Waals surface area contributed by atoms with E-state index in [0.29, 0.717) is 12.3 Å². The number of pyridine rings is 1. The molecule has 0 N–H and O–H groups in total. The van der Waals surface area contributed by atoms with E-state index in [-0.39, 0.29) is 5.97 Å². The van der Waals surface area contributed by atoms with E-state index >= 15 is 0 Å². The minimum absolute atomic E-state index is 0.366. The summed E-state index contributed by atoms with van der Waals surface area (Å²) < 4.78 is 5.78. The topological polar surface area (TPSA) is 39.2 Å². The summed E-state index contributed by atoms with van der Waals surface area (Å²) in [5.41, 5.74) is 2.00. The van der Waals surface area contributed by atoms with Crippen molar-refractivity contribution in [3.63, 3.8) is 0 Å². The van der Waals surface area contributed by atoms with Gasteiger partial charge in [-0.25, -0.2) is 9.78 Å². The molecule has 0 aromatic carbocycles. The molecule has 0 bridgehead atoms. The number of hydrogen-bond acceptors (Lipinski definition) is 3. The summed E-state index contributed by atoms with van der Waals surface area (Å²) in [4.78, 5) is 15.6. The molecule has 4 heteroatoms. The Morgan fingerprint density at radius 2 is 2.21 bits per heavy atom. The molecule has 1 rings (SSSR count). The number of carbonyl (C=O) groups excluding carboxylic acids is 1. The molecular formula is C10H12BrNO2. The van der Waals surface area contributed by atoms with Crippen LogP contribution < -0.4 is 0 Å².